The number of aromatic nitrogens is 2. The minimum Gasteiger partial charge on any atom is -0.379 e. The van der Waals surface area contributed by atoms with Crippen LogP contribution < -0.4 is 10.9 Å². The Morgan fingerprint density at radius 1 is 1.35 bits per heavy atom. The molecule has 0 spiro atoms. The summed E-state index contributed by atoms with van der Waals surface area (Å²) in [5, 5.41) is 3.63. The lowest BCUT2D eigenvalue weighted by Crippen LogP contribution is -2.43. The van der Waals surface area contributed by atoms with Crippen LogP contribution in [0.25, 0.3) is 10.9 Å². The molecule has 1 aliphatic carbocycles. The number of ether oxygens (including phenoxy) is 1. The van der Waals surface area contributed by atoms with Crippen molar-refractivity contribution in [3.63, 3.8) is 0 Å². The van der Waals surface area contributed by atoms with Gasteiger partial charge in [0, 0.05) is 19.2 Å². The summed E-state index contributed by atoms with van der Waals surface area (Å²) in [6, 6.07) is 5.08. The highest BCUT2D eigenvalue weighted by molar-refractivity contribution is 7.71. The summed E-state index contributed by atoms with van der Waals surface area (Å²) >= 11 is 5.24. The molecule has 2 aromatic rings. The highest BCUT2D eigenvalue weighted by Crippen LogP contribution is 2.21. The first kappa shape index (κ1) is 18.8. The Labute approximate surface area is 157 Å². The van der Waals surface area contributed by atoms with Crippen LogP contribution in [-0.4, -0.2) is 34.7 Å². The fourth-order valence-corrected chi connectivity index (χ4v) is 3.98. The molecule has 0 aliphatic heterocycles. The monoisotopic (exact) mass is 375 g/mol. The fourth-order valence-electron chi connectivity index (χ4n) is 3.66. The number of H-pyrrole nitrogens is 1. The predicted octanol–water partition coefficient (Wildman–Crippen LogP) is 3.16. The molecule has 1 heterocycles. The minimum absolute atomic E-state index is 0.0114. The van der Waals surface area contributed by atoms with Crippen molar-refractivity contribution in [2.75, 3.05) is 7.11 Å². The smallest absolute Gasteiger partial charge is 0.262 e. The number of nitrogens with zero attached hydrogens (tertiary/aromatic N) is 1. The number of methoxy groups -OCH3 is 1. The summed E-state index contributed by atoms with van der Waals surface area (Å²) in [6.45, 7) is 2.38. The van der Waals surface area contributed by atoms with Crippen molar-refractivity contribution in [3.05, 3.63) is 38.9 Å². The van der Waals surface area contributed by atoms with E-state index in [-0.39, 0.29) is 23.6 Å². The van der Waals surface area contributed by atoms with E-state index in [2.05, 4.69) is 10.3 Å². The molecular formula is C19H25N3O3S. The van der Waals surface area contributed by atoms with E-state index in [0.717, 1.165) is 25.7 Å². The SMILES string of the molecule is CCn1c(=S)[nH]c2cc(C(=O)N[C@H]3CCCCC[C@H]3OC)ccc2c1=O. The number of hydrogen-bond acceptors (Lipinski definition) is 4. The van der Waals surface area contributed by atoms with Crippen LogP contribution in [0, 0.1) is 4.77 Å². The number of rotatable bonds is 4. The van der Waals surface area contributed by atoms with Gasteiger partial charge in [-0.3, -0.25) is 14.2 Å². The van der Waals surface area contributed by atoms with E-state index in [9.17, 15) is 9.59 Å². The number of amides is 1. The van der Waals surface area contributed by atoms with E-state index in [0.29, 0.717) is 27.8 Å². The van der Waals surface area contributed by atoms with E-state index in [4.69, 9.17) is 17.0 Å². The summed E-state index contributed by atoms with van der Waals surface area (Å²) in [7, 11) is 1.70. The van der Waals surface area contributed by atoms with Crippen LogP contribution in [0.3, 0.4) is 0 Å². The first-order valence-corrected chi connectivity index (χ1v) is 9.56. The number of carbonyl (C=O) groups excluding carboxylic acids is 1. The van der Waals surface area contributed by atoms with E-state index in [1.807, 2.05) is 6.92 Å². The molecule has 1 aliphatic rings. The normalized spacial score (nSPS) is 20.7. The zero-order valence-corrected chi connectivity index (χ0v) is 16.0. The average molecular weight is 375 g/mol. The summed E-state index contributed by atoms with van der Waals surface area (Å²) in [5.74, 6) is -0.153. The molecule has 0 radical (unpaired) electrons. The first-order valence-electron chi connectivity index (χ1n) is 9.15. The molecule has 1 amide bonds. The minimum atomic E-state index is -0.153. The maximum Gasteiger partial charge on any atom is 0.262 e. The van der Waals surface area contributed by atoms with Gasteiger partial charge < -0.3 is 15.0 Å². The molecule has 1 fully saturated rings. The van der Waals surface area contributed by atoms with Crippen LogP contribution in [0.5, 0.6) is 0 Å². The molecule has 2 N–H and O–H groups in total. The van der Waals surface area contributed by atoms with E-state index >= 15 is 0 Å². The molecule has 0 bridgehead atoms. The lowest BCUT2D eigenvalue weighted by atomic mass is 10.0. The van der Waals surface area contributed by atoms with Crippen molar-refractivity contribution in [2.45, 2.75) is 57.7 Å². The highest BCUT2D eigenvalue weighted by atomic mass is 32.1. The predicted molar refractivity (Wildman–Crippen MR) is 104 cm³/mol. The van der Waals surface area contributed by atoms with Crippen LogP contribution in [-0.2, 0) is 11.3 Å². The molecule has 3 rings (SSSR count). The van der Waals surface area contributed by atoms with Crippen LogP contribution in [0.2, 0.25) is 0 Å². The third-order valence-electron chi connectivity index (χ3n) is 5.13. The van der Waals surface area contributed by atoms with Crippen molar-refractivity contribution in [1.82, 2.24) is 14.9 Å². The molecule has 0 unspecified atom stereocenters. The van der Waals surface area contributed by atoms with Gasteiger partial charge in [-0.15, -0.1) is 0 Å². The van der Waals surface area contributed by atoms with E-state index < -0.39 is 0 Å². The van der Waals surface area contributed by atoms with Gasteiger partial charge in [0.15, 0.2) is 4.77 Å². The van der Waals surface area contributed by atoms with Crippen molar-refractivity contribution in [3.8, 4) is 0 Å². The van der Waals surface area contributed by atoms with Gasteiger partial charge in [0.25, 0.3) is 11.5 Å². The van der Waals surface area contributed by atoms with E-state index in [1.54, 1.807) is 25.3 Å². The quantitative estimate of drug-likeness (QED) is 0.636. The summed E-state index contributed by atoms with van der Waals surface area (Å²) in [6.07, 6.45) is 5.31. The molecule has 26 heavy (non-hydrogen) atoms. The van der Waals surface area contributed by atoms with Crippen molar-refractivity contribution < 1.29 is 9.53 Å². The molecule has 140 valence electrons. The molecule has 0 saturated heterocycles. The number of nitrogens with one attached hydrogen (secondary N) is 2. The van der Waals surface area contributed by atoms with Gasteiger partial charge in [-0.2, -0.15) is 0 Å². The third kappa shape index (κ3) is 3.73. The molecular weight excluding hydrogens is 350 g/mol. The second kappa shape index (κ2) is 8.14. The zero-order chi connectivity index (χ0) is 18.7. The average Bonchev–Trinajstić information content (AvgIpc) is 2.86. The summed E-state index contributed by atoms with van der Waals surface area (Å²) in [4.78, 5) is 28.2. The Morgan fingerprint density at radius 3 is 2.85 bits per heavy atom. The maximum atomic E-state index is 12.7. The van der Waals surface area contributed by atoms with Crippen molar-refractivity contribution in [2.24, 2.45) is 0 Å². The standard InChI is InChI=1S/C19H25N3O3S/c1-3-22-18(24)13-10-9-12(11-15(13)21-19(22)26)17(23)20-14-7-5-4-6-8-16(14)25-2/h9-11,14,16H,3-8H2,1-2H3,(H,20,23)(H,21,26)/t14-,16+/m0/s1. The molecule has 1 aromatic heterocycles. The Bertz CT molecular complexity index is 918. The number of carbonyl (C=O) groups is 1. The van der Waals surface area contributed by atoms with Gasteiger partial charge >= 0.3 is 0 Å². The van der Waals surface area contributed by atoms with Gasteiger partial charge in [0.05, 0.1) is 23.0 Å². The van der Waals surface area contributed by atoms with Gasteiger partial charge in [-0.25, -0.2) is 0 Å². The second-order valence-corrected chi connectivity index (χ2v) is 7.12. The Kier molecular flexibility index (Phi) is 5.88. The van der Waals surface area contributed by atoms with Crippen molar-refractivity contribution in [1.29, 1.82) is 0 Å². The van der Waals surface area contributed by atoms with Crippen LogP contribution in [0.1, 0.15) is 49.4 Å². The fraction of sp³-hybridized carbons (Fsp3) is 0.526. The number of benzene rings is 1. The van der Waals surface area contributed by atoms with Crippen LogP contribution in [0.4, 0.5) is 0 Å². The van der Waals surface area contributed by atoms with Gasteiger partial charge in [-0.05, 0) is 50.2 Å². The van der Waals surface area contributed by atoms with Gasteiger partial charge in [0.2, 0.25) is 0 Å². The van der Waals surface area contributed by atoms with Gasteiger partial charge in [-0.1, -0.05) is 19.3 Å². The second-order valence-electron chi connectivity index (χ2n) is 6.73. The highest BCUT2D eigenvalue weighted by Gasteiger charge is 2.25. The molecule has 7 heteroatoms. The number of aromatic amines is 1. The van der Waals surface area contributed by atoms with Crippen LogP contribution in [0.15, 0.2) is 23.0 Å². The number of fused-ring (bicyclic) bond motifs is 1. The zero-order valence-electron chi connectivity index (χ0n) is 15.2. The lowest BCUT2D eigenvalue weighted by molar-refractivity contribution is 0.0568. The maximum absolute atomic E-state index is 12.7. The molecule has 2 atom stereocenters. The Balaban J connectivity index is 1.89. The Morgan fingerprint density at radius 2 is 2.12 bits per heavy atom. The molecule has 1 saturated carbocycles. The topological polar surface area (TPSA) is 76.1 Å². The molecule has 1 aromatic carbocycles. The lowest BCUT2D eigenvalue weighted by Gasteiger charge is -2.25. The first-order chi connectivity index (χ1) is 12.5. The molecule has 6 nitrogen and oxygen atoms in total. The van der Waals surface area contributed by atoms with Crippen LogP contribution >= 0.6 is 12.2 Å². The number of hydrogen-bond donors (Lipinski definition) is 2. The summed E-state index contributed by atoms with van der Waals surface area (Å²) < 4.78 is 7.44. The Hall–Kier alpha value is -1.99. The summed E-state index contributed by atoms with van der Waals surface area (Å²) in [5.41, 5.74) is 0.957. The largest absolute Gasteiger partial charge is 0.379 e. The van der Waals surface area contributed by atoms with E-state index in [1.165, 1.54) is 11.0 Å². The third-order valence-corrected chi connectivity index (χ3v) is 5.45. The van der Waals surface area contributed by atoms with Crippen molar-refractivity contribution >= 4 is 29.0 Å². The van der Waals surface area contributed by atoms with Gasteiger partial charge in [0.1, 0.15) is 0 Å².